The highest BCUT2D eigenvalue weighted by molar-refractivity contribution is 5.90. The van der Waals surface area contributed by atoms with Gasteiger partial charge in [0.05, 0.1) is 12.6 Å². The summed E-state index contributed by atoms with van der Waals surface area (Å²) < 4.78 is 5.48. The van der Waals surface area contributed by atoms with E-state index in [-0.39, 0.29) is 0 Å². The highest BCUT2D eigenvalue weighted by Crippen LogP contribution is 2.35. The molecule has 2 N–H and O–H groups in total. The Hall–Kier alpha value is -1.48. The van der Waals surface area contributed by atoms with Crippen LogP contribution in [0.25, 0.3) is 10.9 Å². The Kier molecular flexibility index (Phi) is 3.62. The van der Waals surface area contributed by atoms with Crippen LogP contribution in [-0.4, -0.2) is 19.1 Å². The van der Waals surface area contributed by atoms with Gasteiger partial charge in [0.2, 0.25) is 0 Å². The summed E-state index contributed by atoms with van der Waals surface area (Å²) in [6.45, 7) is 7.42. The second-order valence-electron chi connectivity index (χ2n) is 5.09. The molecular formula is C15H22N2O. The normalized spacial score (nSPS) is 11.4. The predicted octanol–water partition coefficient (Wildman–Crippen LogP) is 3.33. The van der Waals surface area contributed by atoms with Crippen LogP contribution in [0, 0.1) is 6.92 Å². The number of benzene rings is 1. The number of nitrogens with one attached hydrogen (secondary N) is 2. The van der Waals surface area contributed by atoms with Crippen molar-refractivity contribution in [2.45, 2.75) is 33.2 Å². The monoisotopic (exact) mass is 246 g/mol. The van der Waals surface area contributed by atoms with Gasteiger partial charge in [0.25, 0.3) is 0 Å². The third-order valence-electron chi connectivity index (χ3n) is 3.29. The Labute approximate surface area is 109 Å². The fourth-order valence-electron chi connectivity index (χ4n) is 2.61. The van der Waals surface area contributed by atoms with Gasteiger partial charge in [-0.3, -0.25) is 0 Å². The lowest BCUT2D eigenvalue weighted by molar-refractivity contribution is 0.418. The minimum atomic E-state index is 0.494. The summed E-state index contributed by atoms with van der Waals surface area (Å²) in [4.78, 5) is 3.51. The van der Waals surface area contributed by atoms with Gasteiger partial charge in [-0.05, 0) is 43.1 Å². The molecule has 1 aromatic heterocycles. The van der Waals surface area contributed by atoms with E-state index in [1.807, 2.05) is 7.05 Å². The van der Waals surface area contributed by atoms with Crippen LogP contribution in [0.5, 0.6) is 5.75 Å². The van der Waals surface area contributed by atoms with E-state index >= 15 is 0 Å². The minimum Gasteiger partial charge on any atom is -0.495 e. The Morgan fingerprint density at radius 3 is 2.61 bits per heavy atom. The first-order chi connectivity index (χ1) is 8.58. The second kappa shape index (κ2) is 5.02. The predicted molar refractivity (Wildman–Crippen MR) is 76.4 cm³/mol. The molecular weight excluding hydrogens is 224 g/mol. The molecule has 0 bridgehead atoms. The lowest BCUT2D eigenvalue weighted by Gasteiger charge is -2.08. The molecule has 3 nitrogen and oxygen atoms in total. The first-order valence-electron chi connectivity index (χ1n) is 6.42. The SMILES string of the molecule is CNCc1[nH]c2c(OC)cc(C)cc2c1C(C)C. The number of hydrogen-bond donors (Lipinski definition) is 2. The van der Waals surface area contributed by atoms with Crippen molar-refractivity contribution in [3.8, 4) is 5.75 Å². The number of fused-ring (bicyclic) bond motifs is 1. The molecule has 0 fully saturated rings. The molecule has 0 aliphatic heterocycles. The van der Waals surface area contributed by atoms with Crippen molar-refractivity contribution in [2.75, 3.05) is 14.2 Å². The van der Waals surface area contributed by atoms with Gasteiger partial charge in [-0.25, -0.2) is 0 Å². The van der Waals surface area contributed by atoms with Crippen molar-refractivity contribution < 1.29 is 4.74 Å². The molecule has 1 aromatic carbocycles. The Bertz CT molecular complexity index is 555. The first kappa shape index (κ1) is 13.0. The van der Waals surface area contributed by atoms with Crippen LogP contribution in [0.1, 0.15) is 36.6 Å². The first-order valence-corrected chi connectivity index (χ1v) is 6.42. The molecule has 2 rings (SSSR count). The van der Waals surface area contributed by atoms with Crippen LogP contribution < -0.4 is 10.1 Å². The smallest absolute Gasteiger partial charge is 0.143 e. The quantitative estimate of drug-likeness (QED) is 0.868. The molecule has 98 valence electrons. The van der Waals surface area contributed by atoms with Crippen molar-refractivity contribution in [3.05, 3.63) is 29.0 Å². The van der Waals surface area contributed by atoms with E-state index in [0.29, 0.717) is 5.92 Å². The molecule has 3 heteroatoms. The third-order valence-corrected chi connectivity index (χ3v) is 3.29. The van der Waals surface area contributed by atoms with Crippen molar-refractivity contribution in [2.24, 2.45) is 0 Å². The van der Waals surface area contributed by atoms with E-state index in [2.05, 4.69) is 43.2 Å². The van der Waals surface area contributed by atoms with Crippen LogP contribution in [0.2, 0.25) is 0 Å². The van der Waals surface area contributed by atoms with Gasteiger partial charge in [-0.1, -0.05) is 13.8 Å². The number of aryl methyl sites for hydroxylation is 1. The lowest BCUT2D eigenvalue weighted by Crippen LogP contribution is -2.08. The molecule has 1 heterocycles. The summed E-state index contributed by atoms with van der Waals surface area (Å²) >= 11 is 0. The number of aromatic nitrogens is 1. The summed E-state index contributed by atoms with van der Waals surface area (Å²) in [7, 11) is 3.69. The van der Waals surface area contributed by atoms with Crippen LogP contribution in [0.4, 0.5) is 0 Å². The van der Waals surface area contributed by atoms with Gasteiger partial charge in [0.1, 0.15) is 5.75 Å². The number of ether oxygens (including phenoxy) is 1. The molecule has 0 radical (unpaired) electrons. The standard InChI is InChI=1S/C15H22N2O/c1-9(2)14-11-6-10(3)7-13(18-5)15(11)17-12(14)8-16-4/h6-7,9,16-17H,8H2,1-5H3. The van der Waals surface area contributed by atoms with Crippen molar-refractivity contribution >= 4 is 10.9 Å². The lowest BCUT2D eigenvalue weighted by atomic mass is 9.98. The molecule has 0 aliphatic rings. The maximum absolute atomic E-state index is 5.48. The Balaban J connectivity index is 2.75. The van der Waals surface area contributed by atoms with Crippen LogP contribution in [0.3, 0.4) is 0 Å². The van der Waals surface area contributed by atoms with E-state index in [1.54, 1.807) is 7.11 Å². The zero-order valence-electron chi connectivity index (χ0n) is 11.8. The topological polar surface area (TPSA) is 37.0 Å². The van der Waals surface area contributed by atoms with E-state index < -0.39 is 0 Å². The molecule has 0 spiro atoms. The van der Waals surface area contributed by atoms with Gasteiger partial charge in [0.15, 0.2) is 0 Å². The maximum Gasteiger partial charge on any atom is 0.143 e. The van der Waals surface area contributed by atoms with Crippen LogP contribution in [0.15, 0.2) is 12.1 Å². The van der Waals surface area contributed by atoms with Crippen LogP contribution in [-0.2, 0) is 6.54 Å². The van der Waals surface area contributed by atoms with Gasteiger partial charge >= 0.3 is 0 Å². The largest absolute Gasteiger partial charge is 0.495 e. The van der Waals surface area contributed by atoms with Gasteiger partial charge in [0, 0.05) is 17.6 Å². The number of methoxy groups -OCH3 is 1. The molecule has 0 saturated carbocycles. The molecule has 18 heavy (non-hydrogen) atoms. The third kappa shape index (κ3) is 2.10. The van der Waals surface area contributed by atoms with E-state index in [9.17, 15) is 0 Å². The number of aromatic amines is 1. The summed E-state index contributed by atoms with van der Waals surface area (Å²) in [6.07, 6.45) is 0. The highest BCUT2D eigenvalue weighted by Gasteiger charge is 2.16. The van der Waals surface area contributed by atoms with E-state index in [0.717, 1.165) is 17.8 Å². The van der Waals surface area contributed by atoms with Crippen molar-refractivity contribution in [1.29, 1.82) is 0 Å². The van der Waals surface area contributed by atoms with Gasteiger partial charge in [-0.2, -0.15) is 0 Å². The van der Waals surface area contributed by atoms with Gasteiger partial charge in [-0.15, -0.1) is 0 Å². The maximum atomic E-state index is 5.48. The molecule has 0 amide bonds. The second-order valence-corrected chi connectivity index (χ2v) is 5.09. The van der Waals surface area contributed by atoms with Crippen LogP contribution >= 0.6 is 0 Å². The molecule has 0 unspecified atom stereocenters. The molecule has 0 aliphatic carbocycles. The average molecular weight is 246 g/mol. The summed E-state index contributed by atoms with van der Waals surface area (Å²) in [5, 5.41) is 4.50. The highest BCUT2D eigenvalue weighted by atomic mass is 16.5. The zero-order valence-corrected chi connectivity index (χ0v) is 11.8. The van der Waals surface area contributed by atoms with Crippen molar-refractivity contribution in [1.82, 2.24) is 10.3 Å². The summed E-state index contributed by atoms with van der Waals surface area (Å²) in [5.74, 6) is 1.42. The average Bonchev–Trinajstić information content (AvgIpc) is 2.66. The van der Waals surface area contributed by atoms with Gasteiger partial charge < -0.3 is 15.0 Å². The van der Waals surface area contributed by atoms with Crippen molar-refractivity contribution in [3.63, 3.8) is 0 Å². The summed E-state index contributed by atoms with van der Waals surface area (Å²) in [5.41, 5.74) is 4.99. The fourth-order valence-corrected chi connectivity index (χ4v) is 2.61. The molecule has 2 aromatic rings. The molecule has 0 atom stereocenters. The fraction of sp³-hybridized carbons (Fsp3) is 0.467. The zero-order chi connectivity index (χ0) is 13.3. The number of H-pyrrole nitrogens is 1. The summed E-state index contributed by atoms with van der Waals surface area (Å²) in [6, 6.07) is 4.31. The Morgan fingerprint density at radius 2 is 2.06 bits per heavy atom. The minimum absolute atomic E-state index is 0.494. The number of rotatable bonds is 4. The molecule has 0 saturated heterocycles. The van der Waals surface area contributed by atoms with E-state index in [4.69, 9.17) is 4.74 Å². The Morgan fingerprint density at radius 1 is 1.33 bits per heavy atom. The number of hydrogen-bond acceptors (Lipinski definition) is 2. The van der Waals surface area contributed by atoms with E-state index in [1.165, 1.54) is 22.2 Å².